The van der Waals surface area contributed by atoms with Crippen LogP contribution in [0.15, 0.2) is 4.99 Å². The van der Waals surface area contributed by atoms with Crippen molar-refractivity contribution >= 4 is 17.8 Å². The molecule has 27 heavy (non-hydrogen) atoms. The molecule has 1 rings (SSSR count). The number of guanidine groups is 1. The minimum Gasteiger partial charge on any atom is -0.460 e. The van der Waals surface area contributed by atoms with Gasteiger partial charge in [0.25, 0.3) is 0 Å². The van der Waals surface area contributed by atoms with Gasteiger partial charge in [0.1, 0.15) is 5.60 Å². The Bertz CT molecular complexity index is 500. The first-order valence-corrected chi connectivity index (χ1v) is 10.2. The third-order valence-corrected chi connectivity index (χ3v) is 4.53. The highest BCUT2D eigenvalue weighted by Crippen LogP contribution is 2.19. The predicted molar refractivity (Wildman–Crippen MR) is 108 cm³/mol. The molecule has 0 bridgehead atoms. The number of nitrogens with zero attached hydrogens (tertiary/aromatic N) is 2. The number of primary amides is 1. The number of amides is 1. The summed E-state index contributed by atoms with van der Waals surface area (Å²) in [5.41, 5.74) is 4.93. The van der Waals surface area contributed by atoms with Crippen molar-refractivity contribution in [3.05, 3.63) is 0 Å². The summed E-state index contributed by atoms with van der Waals surface area (Å²) in [6.07, 6.45) is 7.03. The molecule has 1 amide bonds. The van der Waals surface area contributed by atoms with Gasteiger partial charge in [-0.15, -0.1) is 0 Å². The monoisotopic (exact) mass is 382 g/mol. The van der Waals surface area contributed by atoms with Gasteiger partial charge in [-0.2, -0.15) is 0 Å². The van der Waals surface area contributed by atoms with Gasteiger partial charge in [0.15, 0.2) is 5.96 Å². The van der Waals surface area contributed by atoms with E-state index in [-0.39, 0.29) is 11.9 Å². The van der Waals surface area contributed by atoms with E-state index in [0.29, 0.717) is 18.8 Å². The minimum absolute atomic E-state index is 0.114. The van der Waals surface area contributed by atoms with E-state index in [1.807, 2.05) is 20.8 Å². The van der Waals surface area contributed by atoms with Crippen LogP contribution < -0.4 is 11.1 Å². The average Bonchev–Trinajstić information content (AvgIpc) is 2.55. The largest absolute Gasteiger partial charge is 0.460 e. The average molecular weight is 383 g/mol. The second-order valence-electron chi connectivity index (χ2n) is 8.35. The first-order valence-electron chi connectivity index (χ1n) is 10.2. The van der Waals surface area contributed by atoms with Crippen molar-refractivity contribution in [3.8, 4) is 0 Å². The SMILES string of the molecule is CN=C(NCCCCCCC(=O)OC(C)(C)C)N1CCCC(CC(N)=O)C1. The van der Waals surface area contributed by atoms with Gasteiger partial charge in [-0.1, -0.05) is 12.8 Å². The number of aliphatic imine (C=N–C) groups is 1. The molecular formula is C20H38N4O3. The van der Waals surface area contributed by atoms with Crippen LogP contribution in [-0.2, 0) is 14.3 Å². The molecule has 1 aliphatic rings. The Morgan fingerprint density at radius 3 is 2.56 bits per heavy atom. The first-order chi connectivity index (χ1) is 12.7. The van der Waals surface area contributed by atoms with Crippen LogP contribution in [0.1, 0.15) is 72.1 Å². The van der Waals surface area contributed by atoms with Gasteiger partial charge in [-0.05, 0) is 52.4 Å². The molecule has 1 unspecified atom stereocenters. The van der Waals surface area contributed by atoms with Crippen molar-refractivity contribution in [2.45, 2.75) is 77.7 Å². The van der Waals surface area contributed by atoms with Crippen LogP contribution >= 0.6 is 0 Å². The van der Waals surface area contributed by atoms with E-state index in [4.69, 9.17) is 10.5 Å². The number of piperidine rings is 1. The van der Waals surface area contributed by atoms with Crippen molar-refractivity contribution in [3.63, 3.8) is 0 Å². The van der Waals surface area contributed by atoms with E-state index < -0.39 is 5.60 Å². The molecule has 0 aromatic rings. The summed E-state index contributed by atoms with van der Waals surface area (Å²) in [5, 5.41) is 3.41. The van der Waals surface area contributed by atoms with Crippen molar-refractivity contribution in [2.75, 3.05) is 26.7 Å². The Balaban J connectivity index is 2.17. The zero-order valence-corrected chi connectivity index (χ0v) is 17.6. The minimum atomic E-state index is -0.401. The van der Waals surface area contributed by atoms with Crippen LogP contribution in [0.2, 0.25) is 0 Å². The summed E-state index contributed by atoms with van der Waals surface area (Å²) in [4.78, 5) is 29.4. The van der Waals surface area contributed by atoms with Gasteiger partial charge in [-0.3, -0.25) is 14.6 Å². The first kappa shape index (κ1) is 23.2. The standard InChI is InChI=1S/C20H38N4O3/c1-20(2,3)27-18(26)11-7-5-6-8-12-23-19(22-4)24-13-9-10-16(15-24)14-17(21)25/h16H,5-15H2,1-4H3,(H2,21,25)(H,22,23). The number of rotatable bonds is 9. The van der Waals surface area contributed by atoms with E-state index in [1.54, 1.807) is 7.05 Å². The lowest BCUT2D eigenvalue weighted by molar-refractivity contribution is -0.154. The van der Waals surface area contributed by atoms with Crippen molar-refractivity contribution in [1.29, 1.82) is 0 Å². The highest BCUT2D eigenvalue weighted by atomic mass is 16.6. The molecule has 7 nitrogen and oxygen atoms in total. The number of nitrogens with one attached hydrogen (secondary N) is 1. The van der Waals surface area contributed by atoms with Crippen molar-refractivity contribution < 1.29 is 14.3 Å². The number of nitrogens with two attached hydrogens (primary N) is 1. The molecule has 1 saturated heterocycles. The molecule has 7 heteroatoms. The second kappa shape index (κ2) is 11.8. The fraction of sp³-hybridized carbons (Fsp3) is 0.850. The Morgan fingerprint density at radius 2 is 1.93 bits per heavy atom. The van der Waals surface area contributed by atoms with Gasteiger partial charge in [0.2, 0.25) is 5.91 Å². The fourth-order valence-electron chi connectivity index (χ4n) is 3.38. The number of ether oxygens (including phenoxy) is 1. The van der Waals surface area contributed by atoms with Gasteiger partial charge < -0.3 is 20.7 Å². The van der Waals surface area contributed by atoms with Crippen LogP contribution in [0.3, 0.4) is 0 Å². The molecule has 0 aliphatic carbocycles. The maximum absolute atomic E-state index is 11.7. The summed E-state index contributed by atoms with van der Waals surface area (Å²) in [7, 11) is 1.79. The molecule has 1 fully saturated rings. The second-order valence-corrected chi connectivity index (χ2v) is 8.35. The van der Waals surface area contributed by atoms with Gasteiger partial charge in [0.05, 0.1) is 0 Å². The smallest absolute Gasteiger partial charge is 0.306 e. The molecule has 1 heterocycles. The van der Waals surface area contributed by atoms with Crippen LogP contribution in [-0.4, -0.2) is 55.0 Å². The fourth-order valence-corrected chi connectivity index (χ4v) is 3.38. The van der Waals surface area contributed by atoms with E-state index >= 15 is 0 Å². The molecular weight excluding hydrogens is 344 g/mol. The highest BCUT2D eigenvalue weighted by Gasteiger charge is 2.23. The van der Waals surface area contributed by atoms with Gasteiger partial charge >= 0.3 is 5.97 Å². The molecule has 0 radical (unpaired) electrons. The zero-order valence-electron chi connectivity index (χ0n) is 17.6. The number of hydrogen-bond acceptors (Lipinski definition) is 4. The van der Waals surface area contributed by atoms with Crippen LogP contribution in [0.4, 0.5) is 0 Å². The molecule has 0 aromatic heterocycles. The van der Waals surface area contributed by atoms with E-state index in [1.165, 1.54) is 0 Å². The van der Waals surface area contributed by atoms with E-state index in [2.05, 4.69) is 15.2 Å². The molecule has 0 spiro atoms. The number of likely N-dealkylation sites (tertiary alicyclic amines) is 1. The lowest BCUT2D eigenvalue weighted by atomic mass is 9.95. The normalized spacial score (nSPS) is 18.3. The lowest BCUT2D eigenvalue weighted by Gasteiger charge is -2.34. The van der Waals surface area contributed by atoms with Crippen molar-refractivity contribution in [1.82, 2.24) is 10.2 Å². The van der Waals surface area contributed by atoms with Crippen LogP contribution in [0.5, 0.6) is 0 Å². The molecule has 1 aliphatic heterocycles. The summed E-state index contributed by atoms with van der Waals surface area (Å²) in [6.45, 7) is 8.32. The third-order valence-electron chi connectivity index (χ3n) is 4.53. The van der Waals surface area contributed by atoms with Crippen LogP contribution in [0.25, 0.3) is 0 Å². The quantitative estimate of drug-likeness (QED) is 0.276. The Labute approximate surface area is 164 Å². The summed E-state index contributed by atoms with van der Waals surface area (Å²) in [5.74, 6) is 0.883. The maximum atomic E-state index is 11.7. The number of esters is 1. The molecule has 0 saturated carbocycles. The number of carbonyl (C=O) groups excluding carboxylic acids is 2. The van der Waals surface area contributed by atoms with E-state index in [0.717, 1.165) is 64.1 Å². The summed E-state index contributed by atoms with van der Waals surface area (Å²) in [6, 6.07) is 0. The Hall–Kier alpha value is -1.79. The number of hydrogen-bond donors (Lipinski definition) is 2. The van der Waals surface area contributed by atoms with E-state index in [9.17, 15) is 9.59 Å². The Kier molecular flexibility index (Phi) is 10.2. The van der Waals surface area contributed by atoms with Crippen molar-refractivity contribution in [2.24, 2.45) is 16.6 Å². The maximum Gasteiger partial charge on any atom is 0.306 e. The molecule has 0 aromatic carbocycles. The number of carbonyl (C=O) groups is 2. The molecule has 1 atom stereocenters. The van der Waals surface area contributed by atoms with Crippen LogP contribution in [0, 0.1) is 5.92 Å². The molecule has 156 valence electrons. The highest BCUT2D eigenvalue weighted by molar-refractivity contribution is 5.80. The molecule has 3 N–H and O–H groups in total. The van der Waals surface area contributed by atoms with Gasteiger partial charge in [0, 0.05) is 39.5 Å². The van der Waals surface area contributed by atoms with Gasteiger partial charge in [-0.25, -0.2) is 0 Å². The lowest BCUT2D eigenvalue weighted by Crippen LogP contribution is -2.47. The topological polar surface area (TPSA) is 97.0 Å². The summed E-state index contributed by atoms with van der Waals surface area (Å²) >= 11 is 0. The summed E-state index contributed by atoms with van der Waals surface area (Å²) < 4.78 is 5.31. The number of unbranched alkanes of at least 4 members (excludes halogenated alkanes) is 3. The predicted octanol–water partition coefficient (Wildman–Crippen LogP) is 2.44. The third kappa shape index (κ3) is 10.8. The Morgan fingerprint density at radius 1 is 1.22 bits per heavy atom. The zero-order chi connectivity index (χ0) is 20.3.